The van der Waals surface area contributed by atoms with E-state index < -0.39 is 0 Å². The zero-order valence-electron chi connectivity index (χ0n) is 9.21. The monoisotopic (exact) mass is 217 g/mol. The molecule has 0 aromatic heterocycles. The number of hydrogen-bond donors (Lipinski definition) is 0. The summed E-state index contributed by atoms with van der Waals surface area (Å²) in [6.45, 7) is 4.24. The second-order valence-electron chi connectivity index (χ2n) is 4.31. The van der Waals surface area contributed by atoms with Crippen molar-refractivity contribution >= 4 is 11.8 Å². The normalized spacial score (nSPS) is 17.9. The number of benzene rings is 1. The summed E-state index contributed by atoms with van der Waals surface area (Å²) in [6, 6.07) is 8.92. The minimum absolute atomic E-state index is 0.123. The number of aryl methyl sites for hydroxylation is 2. The van der Waals surface area contributed by atoms with Gasteiger partial charge in [0, 0.05) is 4.90 Å². The summed E-state index contributed by atoms with van der Waals surface area (Å²) in [4.78, 5) is 1.24. The van der Waals surface area contributed by atoms with Gasteiger partial charge in [-0.25, -0.2) is 0 Å². The lowest BCUT2D eigenvalue weighted by molar-refractivity contribution is 0.440. The lowest BCUT2D eigenvalue weighted by Crippen LogP contribution is -2.30. The van der Waals surface area contributed by atoms with E-state index in [1.807, 2.05) is 0 Å². The van der Waals surface area contributed by atoms with Gasteiger partial charge in [0.2, 0.25) is 0 Å². The molecule has 2 heteroatoms. The van der Waals surface area contributed by atoms with Crippen molar-refractivity contribution in [3.8, 4) is 6.07 Å². The Kier molecular flexibility index (Phi) is 2.75. The number of hydrogen-bond acceptors (Lipinski definition) is 2. The van der Waals surface area contributed by atoms with Gasteiger partial charge in [0.05, 0.1) is 6.07 Å². The zero-order chi connectivity index (χ0) is 10.9. The molecule has 0 N–H and O–H groups in total. The van der Waals surface area contributed by atoms with Crippen molar-refractivity contribution in [1.82, 2.24) is 0 Å². The lowest BCUT2D eigenvalue weighted by atomic mass is 9.86. The Balaban J connectivity index is 2.18. The molecule has 0 unspecified atom stereocenters. The van der Waals surface area contributed by atoms with Crippen LogP contribution in [0, 0.1) is 25.2 Å². The molecule has 1 fully saturated rings. The third-order valence-corrected chi connectivity index (χ3v) is 4.54. The average Bonchev–Trinajstić information content (AvgIpc) is 2.17. The van der Waals surface area contributed by atoms with Crippen LogP contribution in [0.25, 0.3) is 0 Å². The quantitative estimate of drug-likeness (QED) is 0.751. The first-order chi connectivity index (χ1) is 7.15. The van der Waals surface area contributed by atoms with Crippen molar-refractivity contribution in [1.29, 1.82) is 5.26 Å². The predicted molar refractivity (Wildman–Crippen MR) is 64.0 cm³/mol. The highest BCUT2D eigenvalue weighted by Gasteiger charge is 2.38. The first-order valence-corrected chi connectivity index (χ1v) is 6.14. The van der Waals surface area contributed by atoms with E-state index in [1.54, 1.807) is 11.8 Å². The standard InChI is InChI=1S/C13H15NS/c1-10-4-5-12(8-11(10)2)15-13(9-14)6-3-7-13/h4-5,8H,3,6-7H2,1-2H3. The van der Waals surface area contributed by atoms with Gasteiger partial charge in [-0.05, 0) is 56.4 Å². The molecular weight excluding hydrogens is 202 g/mol. The third-order valence-electron chi connectivity index (χ3n) is 3.16. The fourth-order valence-corrected chi connectivity index (χ4v) is 3.10. The van der Waals surface area contributed by atoms with Gasteiger partial charge in [-0.2, -0.15) is 5.26 Å². The fraction of sp³-hybridized carbons (Fsp3) is 0.462. The Morgan fingerprint density at radius 1 is 1.27 bits per heavy atom. The maximum Gasteiger partial charge on any atom is 0.107 e. The third kappa shape index (κ3) is 2.03. The summed E-state index contributed by atoms with van der Waals surface area (Å²) in [5.41, 5.74) is 2.63. The largest absolute Gasteiger partial charge is 0.197 e. The molecule has 1 aromatic carbocycles. The number of nitrogens with zero attached hydrogens (tertiary/aromatic N) is 1. The van der Waals surface area contributed by atoms with E-state index in [0.29, 0.717) is 0 Å². The highest BCUT2D eigenvalue weighted by atomic mass is 32.2. The first kappa shape index (κ1) is 10.6. The molecular formula is C13H15NS. The minimum atomic E-state index is -0.123. The van der Waals surface area contributed by atoms with Gasteiger partial charge in [-0.1, -0.05) is 6.07 Å². The molecule has 78 valence electrons. The van der Waals surface area contributed by atoms with Crippen molar-refractivity contribution in [3.63, 3.8) is 0 Å². The molecule has 1 aliphatic carbocycles. The predicted octanol–water partition coefficient (Wildman–Crippen LogP) is 3.84. The summed E-state index contributed by atoms with van der Waals surface area (Å²) in [5.74, 6) is 0. The van der Waals surface area contributed by atoms with Gasteiger partial charge < -0.3 is 0 Å². The van der Waals surface area contributed by atoms with E-state index in [1.165, 1.54) is 22.4 Å². The van der Waals surface area contributed by atoms with Gasteiger partial charge in [-0.15, -0.1) is 11.8 Å². The van der Waals surface area contributed by atoms with Gasteiger partial charge in [0.25, 0.3) is 0 Å². The van der Waals surface area contributed by atoms with Crippen LogP contribution in [0.1, 0.15) is 30.4 Å². The van der Waals surface area contributed by atoms with Crippen LogP contribution in [0.3, 0.4) is 0 Å². The van der Waals surface area contributed by atoms with E-state index >= 15 is 0 Å². The molecule has 1 aliphatic rings. The van der Waals surface area contributed by atoms with E-state index in [0.717, 1.165) is 12.8 Å². The molecule has 1 aromatic rings. The highest BCUT2D eigenvalue weighted by molar-refractivity contribution is 8.01. The number of nitriles is 1. The van der Waals surface area contributed by atoms with Crippen LogP contribution >= 0.6 is 11.8 Å². The molecule has 0 saturated heterocycles. The molecule has 0 amide bonds. The van der Waals surface area contributed by atoms with Crippen LogP contribution in [0.5, 0.6) is 0 Å². The van der Waals surface area contributed by atoms with Crippen LogP contribution in [-0.4, -0.2) is 4.75 Å². The van der Waals surface area contributed by atoms with Crippen LogP contribution in [0.4, 0.5) is 0 Å². The van der Waals surface area contributed by atoms with Crippen molar-refractivity contribution in [2.45, 2.75) is 42.8 Å². The van der Waals surface area contributed by atoms with Crippen LogP contribution in [0.2, 0.25) is 0 Å². The number of rotatable bonds is 2. The molecule has 1 saturated carbocycles. The Bertz CT molecular complexity index is 413. The summed E-state index contributed by atoms with van der Waals surface area (Å²) in [5, 5.41) is 9.15. The smallest absolute Gasteiger partial charge is 0.107 e. The Morgan fingerprint density at radius 3 is 2.47 bits per heavy atom. The molecule has 0 heterocycles. The van der Waals surface area contributed by atoms with Gasteiger partial charge in [0.1, 0.15) is 4.75 Å². The summed E-state index contributed by atoms with van der Waals surface area (Å²) >= 11 is 1.74. The fourth-order valence-electron chi connectivity index (χ4n) is 1.74. The SMILES string of the molecule is Cc1ccc(SC2(C#N)CCC2)cc1C. The van der Waals surface area contributed by atoms with E-state index in [4.69, 9.17) is 5.26 Å². The molecule has 0 bridgehead atoms. The second-order valence-corrected chi connectivity index (χ2v) is 5.76. The Morgan fingerprint density at radius 2 is 2.00 bits per heavy atom. The Labute approximate surface area is 95.5 Å². The van der Waals surface area contributed by atoms with Crippen LogP contribution in [-0.2, 0) is 0 Å². The molecule has 0 atom stereocenters. The van der Waals surface area contributed by atoms with Crippen molar-refractivity contribution in [2.24, 2.45) is 0 Å². The van der Waals surface area contributed by atoms with Crippen molar-refractivity contribution < 1.29 is 0 Å². The van der Waals surface area contributed by atoms with Gasteiger partial charge >= 0.3 is 0 Å². The van der Waals surface area contributed by atoms with E-state index in [2.05, 4.69) is 38.1 Å². The molecule has 0 radical (unpaired) electrons. The molecule has 0 aliphatic heterocycles. The second kappa shape index (κ2) is 3.90. The van der Waals surface area contributed by atoms with Gasteiger partial charge in [-0.3, -0.25) is 0 Å². The maximum absolute atomic E-state index is 9.15. The van der Waals surface area contributed by atoms with E-state index in [-0.39, 0.29) is 4.75 Å². The van der Waals surface area contributed by atoms with Gasteiger partial charge in [0.15, 0.2) is 0 Å². The van der Waals surface area contributed by atoms with Crippen molar-refractivity contribution in [3.05, 3.63) is 29.3 Å². The first-order valence-electron chi connectivity index (χ1n) is 5.33. The zero-order valence-corrected chi connectivity index (χ0v) is 10.0. The van der Waals surface area contributed by atoms with Crippen LogP contribution < -0.4 is 0 Å². The number of thioether (sulfide) groups is 1. The summed E-state index contributed by atoms with van der Waals surface area (Å²) in [7, 11) is 0. The topological polar surface area (TPSA) is 23.8 Å². The van der Waals surface area contributed by atoms with E-state index in [9.17, 15) is 0 Å². The summed E-state index contributed by atoms with van der Waals surface area (Å²) in [6.07, 6.45) is 3.29. The van der Waals surface area contributed by atoms with Crippen LogP contribution in [0.15, 0.2) is 23.1 Å². The Hall–Kier alpha value is -0.940. The maximum atomic E-state index is 9.15. The average molecular weight is 217 g/mol. The lowest BCUT2D eigenvalue weighted by Gasteiger charge is -2.34. The van der Waals surface area contributed by atoms with Crippen molar-refractivity contribution in [2.75, 3.05) is 0 Å². The molecule has 0 spiro atoms. The summed E-state index contributed by atoms with van der Waals surface area (Å²) < 4.78 is -0.123. The molecule has 1 nitrogen and oxygen atoms in total. The molecule has 15 heavy (non-hydrogen) atoms. The highest BCUT2D eigenvalue weighted by Crippen LogP contribution is 2.47. The minimum Gasteiger partial charge on any atom is -0.197 e. The molecule has 2 rings (SSSR count).